The third kappa shape index (κ3) is 5.65. The minimum atomic E-state index is -0.269. The van der Waals surface area contributed by atoms with Crippen LogP contribution in [0.2, 0.25) is 0 Å². The van der Waals surface area contributed by atoms with Gasteiger partial charge in [-0.1, -0.05) is 18.2 Å². The predicted molar refractivity (Wildman–Crippen MR) is 126 cm³/mol. The van der Waals surface area contributed by atoms with Crippen molar-refractivity contribution in [2.75, 3.05) is 12.3 Å². The summed E-state index contributed by atoms with van der Waals surface area (Å²) in [5.41, 5.74) is 1.53. The summed E-state index contributed by atoms with van der Waals surface area (Å²) < 4.78 is 13.6. The summed E-state index contributed by atoms with van der Waals surface area (Å²) in [5, 5.41) is 3.29. The highest BCUT2D eigenvalue weighted by Gasteiger charge is 2.16. The van der Waals surface area contributed by atoms with Gasteiger partial charge >= 0.3 is 0 Å². The van der Waals surface area contributed by atoms with Crippen molar-refractivity contribution >= 4 is 51.0 Å². The fourth-order valence-corrected chi connectivity index (χ4v) is 5.51. The molecule has 30 heavy (non-hydrogen) atoms. The molecule has 1 unspecified atom stereocenters. The van der Waals surface area contributed by atoms with Gasteiger partial charge in [-0.2, -0.15) is 11.8 Å². The molecular formula is C21H24FN3O2S3. The SMILES string of the molecule is Cc1sc2nc(CSC(C)C(=O)NCCSCc3ccccc3F)[nH]c(=O)c2c1C. The zero-order chi connectivity index (χ0) is 21.7. The Morgan fingerprint density at radius 2 is 2.07 bits per heavy atom. The first-order chi connectivity index (χ1) is 14.4. The number of amides is 1. The summed E-state index contributed by atoms with van der Waals surface area (Å²) in [7, 11) is 0. The van der Waals surface area contributed by atoms with Gasteiger partial charge in [0.1, 0.15) is 16.5 Å². The lowest BCUT2D eigenvalue weighted by Crippen LogP contribution is -2.32. The molecule has 9 heteroatoms. The molecular weight excluding hydrogens is 441 g/mol. The van der Waals surface area contributed by atoms with E-state index in [-0.39, 0.29) is 22.5 Å². The number of hydrogen-bond acceptors (Lipinski definition) is 6. The predicted octanol–water partition coefficient (Wildman–Crippen LogP) is 4.41. The van der Waals surface area contributed by atoms with Crippen molar-refractivity contribution in [3.8, 4) is 0 Å². The quantitative estimate of drug-likeness (QED) is 0.458. The minimum Gasteiger partial charge on any atom is -0.354 e. The number of nitrogens with one attached hydrogen (secondary N) is 2. The van der Waals surface area contributed by atoms with Crippen LogP contribution in [0.5, 0.6) is 0 Å². The van der Waals surface area contributed by atoms with Crippen LogP contribution in [0.4, 0.5) is 4.39 Å². The lowest BCUT2D eigenvalue weighted by Gasteiger charge is -2.12. The molecule has 1 aromatic carbocycles. The van der Waals surface area contributed by atoms with Crippen LogP contribution in [0.1, 0.15) is 28.8 Å². The lowest BCUT2D eigenvalue weighted by atomic mass is 10.2. The van der Waals surface area contributed by atoms with Gasteiger partial charge in [-0.3, -0.25) is 9.59 Å². The molecule has 2 heterocycles. The van der Waals surface area contributed by atoms with Crippen LogP contribution < -0.4 is 10.9 Å². The van der Waals surface area contributed by atoms with Crippen LogP contribution in [0.15, 0.2) is 29.1 Å². The second-order valence-corrected chi connectivity index (χ2v) is 10.5. The number of benzene rings is 1. The van der Waals surface area contributed by atoms with E-state index in [9.17, 15) is 14.0 Å². The first-order valence-corrected chi connectivity index (χ1v) is 12.6. The molecule has 0 aliphatic carbocycles. The van der Waals surface area contributed by atoms with Crippen molar-refractivity contribution in [3.63, 3.8) is 0 Å². The number of hydrogen-bond donors (Lipinski definition) is 2. The molecule has 3 rings (SSSR count). The van der Waals surface area contributed by atoms with E-state index in [0.29, 0.717) is 40.6 Å². The Kier molecular flexibility index (Phi) is 7.96. The van der Waals surface area contributed by atoms with Crippen molar-refractivity contribution in [2.24, 2.45) is 0 Å². The number of aromatic amines is 1. The molecule has 1 amide bonds. The molecule has 2 N–H and O–H groups in total. The van der Waals surface area contributed by atoms with Crippen molar-refractivity contribution in [3.05, 3.63) is 62.3 Å². The zero-order valence-electron chi connectivity index (χ0n) is 17.1. The number of carbonyl (C=O) groups is 1. The molecule has 0 fully saturated rings. The Bertz CT molecular complexity index is 1100. The van der Waals surface area contributed by atoms with Gasteiger partial charge in [0.05, 0.1) is 16.4 Å². The van der Waals surface area contributed by atoms with Crippen LogP contribution in [0, 0.1) is 19.7 Å². The molecule has 0 aliphatic rings. The molecule has 0 aliphatic heterocycles. The third-order valence-corrected chi connectivity index (χ3v) is 7.95. The van der Waals surface area contributed by atoms with E-state index in [1.807, 2.05) is 26.8 Å². The number of rotatable bonds is 9. The van der Waals surface area contributed by atoms with Crippen LogP contribution in [0.25, 0.3) is 10.2 Å². The topological polar surface area (TPSA) is 74.8 Å². The van der Waals surface area contributed by atoms with E-state index in [1.54, 1.807) is 23.9 Å². The third-order valence-electron chi connectivity index (χ3n) is 4.69. The largest absolute Gasteiger partial charge is 0.354 e. The highest BCUT2D eigenvalue weighted by molar-refractivity contribution is 7.99. The standard InChI is InChI=1S/C21H24FN3O2S3/c1-12-13(2)30-21-18(12)20(27)24-17(25-21)11-29-14(3)19(26)23-8-9-28-10-15-6-4-5-7-16(15)22/h4-7,14H,8-11H2,1-3H3,(H,23,26)(H,24,25,27). The average Bonchev–Trinajstić information content (AvgIpc) is 3.01. The molecule has 0 saturated carbocycles. The van der Waals surface area contributed by atoms with Gasteiger partial charge in [-0.15, -0.1) is 23.1 Å². The zero-order valence-corrected chi connectivity index (χ0v) is 19.5. The smallest absolute Gasteiger partial charge is 0.259 e. The van der Waals surface area contributed by atoms with E-state index in [2.05, 4.69) is 15.3 Å². The van der Waals surface area contributed by atoms with Gasteiger partial charge in [-0.25, -0.2) is 9.37 Å². The second-order valence-electron chi connectivity index (χ2n) is 6.86. The summed E-state index contributed by atoms with van der Waals surface area (Å²) in [5.74, 6) is 2.07. The molecule has 160 valence electrons. The summed E-state index contributed by atoms with van der Waals surface area (Å²) in [6.45, 7) is 6.28. The summed E-state index contributed by atoms with van der Waals surface area (Å²) >= 11 is 4.53. The van der Waals surface area contributed by atoms with Gasteiger partial charge in [0.15, 0.2) is 0 Å². The Balaban J connectivity index is 1.43. The van der Waals surface area contributed by atoms with Crippen molar-refractivity contribution in [1.29, 1.82) is 0 Å². The first kappa shape index (κ1) is 22.8. The monoisotopic (exact) mass is 465 g/mol. The van der Waals surface area contributed by atoms with Crippen LogP contribution in [0.3, 0.4) is 0 Å². The highest BCUT2D eigenvalue weighted by Crippen LogP contribution is 2.26. The van der Waals surface area contributed by atoms with Gasteiger partial charge < -0.3 is 10.3 Å². The maximum absolute atomic E-state index is 13.6. The van der Waals surface area contributed by atoms with Crippen molar-refractivity contribution in [1.82, 2.24) is 15.3 Å². The molecule has 0 spiro atoms. The molecule has 1 atom stereocenters. The molecule has 3 aromatic rings. The van der Waals surface area contributed by atoms with E-state index in [1.165, 1.54) is 29.2 Å². The van der Waals surface area contributed by atoms with Gasteiger partial charge in [0, 0.05) is 22.9 Å². The van der Waals surface area contributed by atoms with Crippen LogP contribution in [-0.2, 0) is 16.3 Å². The molecule has 2 aromatic heterocycles. The van der Waals surface area contributed by atoms with Gasteiger partial charge in [0.25, 0.3) is 5.56 Å². The van der Waals surface area contributed by atoms with E-state index < -0.39 is 0 Å². The Morgan fingerprint density at radius 1 is 1.30 bits per heavy atom. The van der Waals surface area contributed by atoms with E-state index >= 15 is 0 Å². The molecule has 5 nitrogen and oxygen atoms in total. The number of aryl methyl sites for hydroxylation is 2. The molecule has 0 radical (unpaired) electrons. The number of aromatic nitrogens is 2. The minimum absolute atomic E-state index is 0.0577. The first-order valence-electron chi connectivity index (χ1n) is 9.56. The van der Waals surface area contributed by atoms with Crippen molar-refractivity contribution < 1.29 is 9.18 Å². The molecule has 0 bridgehead atoms. The van der Waals surface area contributed by atoms with Crippen LogP contribution in [-0.4, -0.2) is 33.4 Å². The van der Waals surface area contributed by atoms with Crippen LogP contribution >= 0.6 is 34.9 Å². The van der Waals surface area contributed by atoms with E-state index in [4.69, 9.17) is 0 Å². The number of fused-ring (bicyclic) bond motifs is 1. The average molecular weight is 466 g/mol. The number of carbonyl (C=O) groups excluding carboxylic acids is 1. The maximum atomic E-state index is 13.6. The Hall–Kier alpha value is -1.84. The van der Waals surface area contributed by atoms with Gasteiger partial charge in [-0.05, 0) is 38.0 Å². The number of H-pyrrole nitrogens is 1. The lowest BCUT2D eigenvalue weighted by molar-refractivity contribution is -0.120. The number of thioether (sulfide) groups is 2. The maximum Gasteiger partial charge on any atom is 0.259 e. The Morgan fingerprint density at radius 3 is 2.83 bits per heavy atom. The molecule has 0 saturated heterocycles. The second kappa shape index (κ2) is 10.5. The number of halogens is 1. The van der Waals surface area contributed by atoms with Gasteiger partial charge in [0.2, 0.25) is 5.91 Å². The summed E-state index contributed by atoms with van der Waals surface area (Å²) in [6.07, 6.45) is 0. The number of nitrogens with zero attached hydrogens (tertiary/aromatic N) is 1. The fraction of sp³-hybridized carbons (Fsp3) is 0.381. The Labute approximate surface area is 187 Å². The normalized spacial score (nSPS) is 12.3. The number of thiophene rings is 1. The fourth-order valence-electron chi connectivity index (χ4n) is 2.83. The van der Waals surface area contributed by atoms with E-state index in [0.717, 1.165) is 15.3 Å². The summed E-state index contributed by atoms with van der Waals surface area (Å²) in [4.78, 5) is 33.8. The summed E-state index contributed by atoms with van der Waals surface area (Å²) in [6, 6.07) is 6.72. The van der Waals surface area contributed by atoms with Crippen molar-refractivity contribution in [2.45, 2.75) is 37.5 Å². The highest BCUT2D eigenvalue weighted by atomic mass is 32.2.